The second-order valence-corrected chi connectivity index (χ2v) is 6.61. The van der Waals surface area contributed by atoms with Crippen LogP contribution in [0.25, 0.3) is 10.6 Å². The lowest BCUT2D eigenvalue weighted by molar-refractivity contribution is 0.415. The number of thiazole rings is 1. The van der Waals surface area contributed by atoms with E-state index in [0.717, 1.165) is 34.1 Å². The highest BCUT2D eigenvalue weighted by atomic mass is 32.1. The molecule has 3 rings (SSSR count). The van der Waals surface area contributed by atoms with Gasteiger partial charge in [0.2, 0.25) is 0 Å². The molecule has 3 aromatic rings. The minimum absolute atomic E-state index is 0.386. The number of rotatable bonds is 6. The molecule has 0 radical (unpaired) electrons. The molecular weight excluding hydrogens is 344 g/mol. The Morgan fingerprint density at radius 3 is 2.77 bits per heavy atom. The molecule has 5 nitrogen and oxygen atoms in total. The maximum Gasteiger partial charge on any atom is 0.193 e. The molecule has 0 aliphatic rings. The number of hydrogen-bond acceptors (Lipinski definition) is 4. The first-order valence-corrected chi connectivity index (χ1v) is 9.30. The molecule has 0 saturated carbocycles. The molecule has 0 spiro atoms. The maximum atomic E-state index is 6.00. The summed E-state index contributed by atoms with van der Waals surface area (Å²) >= 11 is 1.59. The third kappa shape index (κ3) is 4.61. The van der Waals surface area contributed by atoms with Crippen LogP contribution in [-0.4, -0.2) is 18.1 Å². The summed E-state index contributed by atoms with van der Waals surface area (Å²) in [5.74, 6) is 1.22. The fourth-order valence-corrected chi connectivity index (χ4v) is 3.29. The van der Waals surface area contributed by atoms with Crippen molar-refractivity contribution in [3.05, 3.63) is 65.2 Å². The summed E-state index contributed by atoms with van der Waals surface area (Å²) < 4.78 is 5.18. The predicted octanol–water partition coefficient (Wildman–Crippen LogP) is 4.31. The van der Waals surface area contributed by atoms with E-state index in [1.54, 1.807) is 18.4 Å². The number of aromatic nitrogens is 1. The highest BCUT2D eigenvalue weighted by Gasteiger charge is 2.05. The van der Waals surface area contributed by atoms with Gasteiger partial charge >= 0.3 is 0 Å². The smallest absolute Gasteiger partial charge is 0.193 e. The Bertz CT molecular complexity index is 887. The van der Waals surface area contributed by atoms with Crippen molar-refractivity contribution in [1.29, 1.82) is 0 Å². The quantitative estimate of drug-likeness (QED) is 0.504. The van der Waals surface area contributed by atoms with Gasteiger partial charge in [0.25, 0.3) is 0 Å². The molecule has 0 saturated heterocycles. The molecule has 26 heavy (non-hydrogen) atoms. The second-order valence-electron chi connectivity index (χ2n) is 5.75. The zero-order chi connectivity index (χ0) is 18.4. The van der Waals surface area contributed by atoms with Crippen LogP contribution in [0, 0.1) is 0 Å². The normalized spacial score (nSPS) is 11.4. The molecule has 1 aromatic heterocycles. The van der Waals surface area contributed by atoms with E-state index in [4.69, 9.17) is 10.5 Å². The van der Waals surface area contributed by atoms with Gasteiger partial charge in [0.15, 0.2) is 5.96 Å². The van der Waals surface area contributed by atoms with E-state index < -0.39 is 0 Å². The Morgan fingerprint density at radius 1 is 1.23 bits per heavy atom. The highest BCUT2D eigenvalue weighted by Crippen LogP contribution is 2.25. The number of ether oxygens (including phenoxy) is 1. The average Bonchev–Trinajstić information content (AvgIpc) is 3.15. The van der Waals surface area contributed by atoms with E-state index in [9.17, 15) is 0 Å². The topological polar surface area (TPSA) is 72.5 Å². The summed E-state index contributed by atoms with van der Waals surface area (Å²) in [5, 5.41) is 6.09. The number of aryl methyl sites for hydroxylation is 1. The number of methoxy groups -OCH3 is 1. The van der Waals surface area contributed by atoms with Crippen LogP contribution < -0.4 is 15.8 Å². The number of guanidine groups is 1. The molecule has 2 aromatic carbocycles. The summed E-state index contributed by atoms with van der Waals surface area (Å²) in [6, 6.07) is 16.0. The monoisotopic (exact) mass is 366 g/mol. The van der Waals surface area contributed by atoms with E-state index in [0.29, 0.717) is 12.5 Å². The van der Waals surface area contributed by atoms with Crippen LogP contribution in [0.2, 0.25) is 0 Å². The van der Waals surface area contributed by atoms with Gasteiger partial charge in [-0.3, -0.25) is 0 Å². The fraction of sp³-hybridized carbons (Fsp3) is 0.200. The average molecular weight is 366 g/mol. The van der Waals surface area contributed by atoms with E-state index >= 15 is 0 Å². The number of aliphatic imine (C=N–C) groups is 1. The van der Waals surface area contributed by atoms with Crippen LogP contribution in [-0.2, 0) is 13.0 Å². The first-order chi connectivity index (χ1) is 12.7. The lowest BCUT2D eigenvalue weighted by Gasteiger charge is -2.06. The van der Waals surface area contributed by atoms with Crippen LogP contribution in [0.5, 0.6) is 5.75 Å². The van der Waals surface area contributed by atoms with Crippen molar-refractivity contribution in [2.45, 2.75) is 19.9 Å². The molecule has 0 bridgehead atoms. The van der Waals surface area contributed by atoms with Crippen molar-refractivity contribution in [2.75, 3.05) is 12.4 Å². The van der Waals surface area contributed by atoms with Gasteiger partial charge in [0.1, 0.15) is 10.8 Å². The number of nitrogens with one attached hydrogen (secondary N) is 1. The molecular formula is C20H22N4OS. The number of nitrogens with zero attached hydrogens (tertiary/aromatic N) is 2. The van der Waals surface area contributed by atoms with E-state index in [2.05, 4.69) is 34.3 Å². The first-order valence-electron chi connectivity index (χ1n) is 8.42. The van der Waals surface area contributed by atoms with E-state index in [1.807, 2.05) is 41.8 Å². The molecule has 3 N–H and O–H groups in total. The molecule has 0 aliphatic carbocycles. The summed E-state index contributed by atoms with van der Waals surface area (Å²) in [6.07, 6.45) is 0.986. The van der Waals surface area contributed by atoms with Gasteiger partial charge in [-0.15, -0.1) is 11.3 Å². The van der Waals surface area contributed by atoms with Gasteiger partial charge in [-0.05, 0) is 48.4 Å². The maximum absolute atomic E-state index is 6.00. The zero-order valence-electron chi connectivity index (χ0n) is 14.9. The van der Waals surface area contributed by atoms with Gasteiger partial charge in [-0.25, -0.2) is 9.98 Å². The lowest BCUT2D eigenvalue weighted by atomic mass is 10.1. The van der Waals surface area contributed by atoms with Crippen LogP contribution in [0.15, 0.2) is 58.9 Å². The number of hydrogen-bond donors (Lipinski definition) is 2. The summed E-state index contributed by atoms with van der Waals surface area (Å²) in [4.78, 5) is 9.02. The molecule has 0 unspecified atom stereocenters. The van der Waals surface area contributed by atoms with Crippen molar-refractivity contribution >= 4 is 23.0 Å². The van der Waals surface area contributed by atoms with Gasteiger partial charge in [0.05, 0.1) is 19.3 Å². The van der Waals surface area contributed by atoms with Crippen LogP contribution in [0.3, 0.4) is 0 Å². The molecule has 0 fully saturated rings. The van der Waals surface area contributed by atoms with Crippen LogP contribution in [0.1, 0.15) is 18.2 Å². The lowest BCUT2D eigenvalue weighted by Crippen LogP contribution is -2.22. The zero-order valence-corrected chi connectivity index (χ0v) is 15.7. The van der Waals surface area contributed by atoms with Crippen LogP contribution >= 0.6 is 11.3 Å². The molecule has 1 heterocycles. The number of anilines is 1. The Balaban J connectivity index is 1.63. The van der Waals surface area contributed by atoms with Gasteiger partial charge < -0.3 is 15.8 Å². The van der Waals surface area contributed by atoms with Crippen molar-refractivity contribution in [2.24, 2.45) is 10.7 Å². The Morgan fingerprint density at radius 2 is 2.04 bits per heavy atom. The van der Waals surface area contributed by atoms with Gasteiger partial charge in [-0.1, -0.05) is 19.1 Å². The Kier molecular flexibility index (Phi) is 5.86. The Hall–Kier alpha value is -2.86. The largest absolute Gasteiger partial charge is 0.497 e. The predicted molar refractivity (Wildman–Crippen MR) is 109 cm³/mol. The summed E-state index contributed by atoms with van der Waals surface area (Å²) in [7, 11) is 1.66. The van der Waals surface area contributed by atoms with Gasteiger partial charge in [0, 0.05) is 16.6 Å². The number of nitrogens with two attached hydrogens (primary N) is 1. The number of benzene rings is 2. The van der Waals surface area contributed by atoms with Crippen molar-refractivity contribution in [3.8, 4) is 16.3 Å². The van der Waals surface area contributed by atoms with Gasteiger partial charge in [-0.2, -0.15) is 0 Å². The van der Waals surface area contributed by atoms with E-state index in [-0.39, 0.29) is 0 Å². The van der Waals surface area contributed by atoms with Crippen molar-refractivity contribution in [3.63, 3.8) is 0 Å². The SMILES string of the molecule is CCc1cccc(NC(N)=NCc2csc(-c3ccc(OC)cc3)n2)c1. The summed E-state index contributed by atoms with van der Waals surface area (Å²) in [5.41, 5.74) is 10.2. The highest BCUT2D eigenvalue weighted by molar-refractivity contribution is 7.13. The molecule has 0 atom stereocenters. The fourth-order valence-electron chi connectivity index (χ4n) is 2.47. The first kappa shape index (κ1) is 17.9. The Labute approximate surface area is 157 Å². The third-order valence-corrected chi connectivity index (χ3v) is 4.85. The third-order valence-electron chi connectivity index (χ3n) is 3.91. The minimum atomic E-state index is 0.386. The van der Waals surface area contributed by atoms with Crippen LogP contribution in [0.4, 0.5) is 5.69 Å². The standard InChI is InChI=1S/C20H22N4OS/c1-3-14-5-4-6-16(11-14)24-20(21)22-12-17-13-26-19(23-17)15-7-9-18(25-2)10-8-15/h4-11,13H,3,12H2,1-2H3,(H3,21,22,24). The molecule has 0 amide bonds. The molecule has 0 aliphatic heterocycles. The second kappa shape index (κ2) is 8.49. The molecule has 134 valence electrons. The molecule has 6 heteroatoms. The van der Waals surface area contributed by atoms with Crippen molar-refractivity contribution in [1.82, 2.24) is 4.98 Å². The summed E-state index contributed by atoms with van der Waals surface area (Å²) in [6.45, 7) is 2.57. The van der Waals surface area contributed by atoms with Crippen molar-refractivity contribution < 1.29 is 4.74 Å². The minimum Gasteiger partial charge on any atom is -0.497 e. The van der Waals surface area contributed by atoms with E-state index in [1.165, 1.54) is 5.56 Å².